The highest BCUT2D eigenvalue weighted by Crippen LogP contribution is 2.26. The minimum atomic E-state index is 0.702. The van der Waals surface area contributed by atoms with Crippen LogP contribution in [0.15, 0.2) is 0 Å². The summed E-state index contributed by atoms with van der Waals surface area (Å²) in [6, 6.07) is 1.44. The van der Waals surface area contributed by atoms with Crippen LogP contribution in [0.1, 0.15) is 78.6 Å². The lowest BCUT2D eigenvalue weighted by Gasteiger charge is -2.41. The first kappa shape index (κ1) is 17.3. The van der Waals surface area contributed by atoms with E-state index in [1.165, 1.54) is 77.4 Å². The minimum Gasteiger partial charge on any atom is -0.312 e. The van der Waals surface area contributed by atoms with E-state index in [9.17, 15) is 0 Å². The molecule has 1 N–H and O–H groups in total. The van der Waals surface area contributed by atoms with Crippen LogP contribution >= 0.6 is 0 Å². The highest BCUT2D eigenvalue weighted by molar-refractivity contribution is 4.85. The summed E-state index contributed by atoms with van der Waals surface area (Å²) in [5, 5.41) is 3.94. The van der Waals surface area contributed by atoms with Crippen LogP contribution in [-0.2, 0) is 0 Å². The number of nitrogens with one attached hydrogen (secondary N) is 1. The van der Waals surface area contributed by atoms with Crippen molar-refractivity contribution in [3.8, 4) is 0 Å². The van der Waals surface area contributed by atoms with Crippen molar-refractivity contribution in [1.29, 1.82) is 0 Å². The second-order valence-electron chi connectivity index (χ2n) is 7.90. The Balaban J connectivity index is 1.78. The van der Waals surface area contributed by atoms with Gasteiger partial charge in [0.05, 0.1) is 0 Å². The van der Waals surface area contributed by atoms with E-state index >= 15 is 0 Å². The molecule has 124 valence electrons. The summed E-state index contributed by atoms with van der Waals surface area (Å²) in [6.45, 7) is 10.9. The zero-order valence-corrected chi connectivity index (χ0v) is 14.7. The molecule has 0 bridgehead atoms. The van der Waals surface area contributed by atoms with E-state index < -0.39 is 0 Å². The molecule has 0 aromatic carbocycles. The first-order chi connectivity index (χ1) is 10.2. The van der Waals surface area contributed by atoms with Crippen molar-refractivity contribution < 1.29 is 0 Å². The monoisotopic (exact) mass is 294 g/mol. The molecular formula is C19H38N2. The fourth-order valence-corrected chi connectivity index (χ4v) is 4.24. The largest absolute Gasteiger partial charge is 0.312 e. The molecule has 2 atom stereocenters. The SMILES string of the molecule is CCCCC1CC(NCC2CCCCC2)CN(C(C)C)C1. The summed E-state index contributed by atoms with van der Waals surface area (Å²) in [5.41, 5.74) is 0. The molecule has 1 heterocycles. The lowest BCUT2D eigenvalue weighted by Crippen LogP contribution is -2.52. The molecule has 2 heteroatoms. The third-order valence-electron chi connectivity index (χ3n) is 5.68. The second kappa shape index (κ2) is 9.15. The van der Waals surface area contributed by atoms with Crippen molar-refractivity contribution in [2.75, 3.05) is 19.6 Å². The van der Waals surface area contributed by atoms with Crippen molar-refractivity contribution in [2.24, 2.45) is 11.8 Å². The highest BCUT2D eigenvalue weighted by Gasteiger charge is 2.28. The molecule has 1 saturated heterocycles. The number of likely N-dealkylation sites (tertiary alicyclic amines) is 1. The molecule has 0 spiro atoms. The fourth-order valence-electron chi connectivity index (χ4n) is 4.24. The van der Waals surface area contributed by atoms with Crippen LogP contribution in [0.5, 0.6) is 0 Å². The molecule has 1 saturated carbocycles. The Bertz CT molecular complexity index is 271. The van der Waals surface area contributed by atoms with Gasteiger partial charge in [0.15, 0.2) is 0 Å². The number of nitrogens with zero attached hydrogens (tertiary/aromatic N) is 1. The van der Waals surface area contributed by atoms with E-state index in [1.54, 1.807) is 0 Å². The molecule has 0 aromatic heterocycles. The maximum absolute atomic E-state index is 3.94. The Morgan fingerprint density at radius 1 is 1.05 bits per heavy atom. The van der Waals surface area contributed by atoms with Crippen molar-refractivity contribution >= 4 is 0 Å². The summed E-state index contributed by atoms with van der Waals surface area (Å²) in [6.07, 6.45) is 12.9. The van der Waals surface area contributed by atoms with Crippen LogP contribution in [0.4, 0.5) is 0 Å². The Morgan fingerprint density at radius 3 is 2.48 bits per heavy atom. The van der Waals surface area contributed by atoms with E-state index in [2.05, 4.69) is 31.0 Å². The van der Waals surface area contributed by atoms with E-state index in [4.69, 9.17) is 0 Å². The lowest BCUT2D eigenvalue weighted by atomic mass is 9.87. The van der Waals surface area contributed by atoms with Gasteiger partial charge in [0, 0.05) is 25.2 Å². The van der Waals surface area contributed by atoms with Crippen molar-refractivity contribution in [2.45, 2.75) is 90.6 Å². The predicted octanol–water partition coefficient (Wildman–Crippen LogP) is 4.45. The second-order valence-corrected chi connectivity index (χ2v) is 7.90. The first-order valence-corrected chi connectivity index (χ1v) is 9.66. The zero-order valence-electron chi connectivity index (χ0n) is 14.7. The van der Waals surface area contributed by atoms with Gasteiger partial charge in [-0.3, -0.25) is 4.90 Å². The zero-order chi connectivity index (χ0) is 15.1. The third kappa shape index (κ3) is 5.90. The van der Waals surface area contributed by atoms with Gasteiger partial charge in [-0.1, -0.05) is 39.0 Å². The molecule has 0 amide bonds. The normalized spacial score (nSPS) is 29.1. The van der Waals surface area contributed by atoms with Crippen molar-refractivity contribution in [3.63, 3.8) is 0 Å². The van der Waals surface area contributed by atoms with Crippen LogP contribution in [0.25, 0.3) is 0 Å². The standard InChI is InChI=1S/C19H38N2/c1-4-5-9-18-12-19(15-21(14-18)16(2)3)20-13-17-10-7-6-8-11-17/h16-20H,4-15H2,1-3H3. The van der Waals surface area contributed by atoms with Gasteiger partial charge >= 0.3 is 0 Å². The molecule has 0 aromatic rings. The highest BCUT2D eigenvalue weighted by atomic mass is 15.2. The molecule has 21 heavy (non-hydrogen) atoms. The Hall–Kier alpha value is -0.0800. The molecular weight excluding hydrogens is 256 g/mol. The van der Waals surface area contributed by atoms with Crippen LogP contribution in [0.3, 0.4) is 0 Å². The number of hydrogen-bond donors (Lipinski definition) is 1. The smallest absolute Gasteiger partial charge is 0.0198 e. The van der Waals surface area contributed by atoms with Crippen LogP contribution in [-0.4, -0.2) is 36.6 Å². The van der Waals surface area contributed by atoms with E-state index in [0.717, 1.165) is 17.9 Å². The van der Waals surface area contributed by atoms with Crippen molar-refractivity contribution in [1.82, 2.24) is 10.2 Å². The fraction of sp³-hybridized carbons (Fsp3) is 1.00. The Morgan fingerprint density at radius 2 is 1.81 bits per heavy atom. The summed E-state index contributed by atoms with van der Waals surface area (Å²) in [7, 11) is 0. The maximum Gasteiger partial charge on any atom is 0.0198 e. The van der Waals surface area contributed by atoms with E-state index in [-0.39, 0.29) is 0 Å². The average molecular weight is 295 g/mol. The molecule has 2 rings (SSSR count). The van der Waals surface area contributed by atoms with Gasteiger partial charge in [-0.25, -0.2) is 0 Å². The maximum atomic E-state index is 3.94. The summed E-state index contributed by atoms with van der Waals surface area (Å²) in [4.78, 5) is 2.71. The lowest BCUT2D eigenvalue weighted by molar-refractivity contribution is 0.103. The number of hydrogen-bond acceptors (Lipinski definition) is 2. The molecule has 2 fully saturated rings. The number of rotatable bonds is 7. The molecule has 2 aliphatic rings. The van der Waals surface area contributed by atoms with Gasteiger partial charge in [0.25, 0.3) is 0 Å². The average Bonchev–Trinajstić information content (AvgIpc) is 2.51. The van der Waals surface area contributed by atoms with Gasteiger partial charge in [-0.2, -0.15) is 0 Å². The van der Waals surface area contributed by atoms with Crippen molar-refractivity contribution in [3.05, 3.63) is 0 Å². The van der Waals surface area contributed by atoms with Crippen LogP contribution in [0.2, 0.25) is 0 Å². The number of piperidine rings is 1. The van der Waals surface area contributed by atoms with Gasteiger partial charge in [0.2, 0.25) is 0 Å². The van der Waals surface area contributed by atoms with E-state index in [0.29, 0.717) is 6.04 Å². The quantitative estimate of drug-likeness (QED) is 0.746. The molecule has 1 aliphatic carbocycles. The van der Waals surface area contributed by atoms with Gasteiger partial charge in [-0.15, -0.1) is 0 Å². The predicted molar refractivity (Wildman–Crippen MR) is 92.7 cm³/mol. The Kier molecular flexibility index (Phi) is 7.53. The molecule has 0 radical (unpaired) electrons. The van der Waals surface area contributed by atoms with Crippen LogP contribution < -0.4 is 5.32 Å². The Labute approximate surface area is 133 Å². The molecule has 2 nitrogen and oxygen atoms in total. The first-order valence-electron chi connectivity index (χ1n) is 9.66. The number of unbranched alkanes of at least 4 members (excludes halogenated alkanes) is 1. The molecule has 2 unspecified atom stereocenters. The summed E-state index contributed by atoms with van der Waals surface area (Å²) >= 11 is 0. The van der Waals surface area contributed by atoms with Gasteiger partial charge < -0.3 is 5.32 Å². The molecule has 1 aliphatic heterocycles. The van der Waals surface area contributed by atoms with Crippen LogP contribution in [0, 0.1) is 11.8 Å². The minimum absolute atomic E-state index is 0.702. The third-order valence-corrected chi connectivity index (χ3v) is 5.68. The summed E-state index contributed by atoms with van der Waals surface area (Å²) in [5.74, 6) is 1.88. The van der Waals surface area contributed by atoms with Gasteiger partial charge in [0.1, 0.15) is 0 Å². The topological polar surface area (TPSA) is 15.3 Å². The van der Waals surface area contributed by atoms with Gasteiger partial charge in [-0.05, 0) is 57.9 Å². The van der Waals surface area contributed by atoms with E-state index in [1.807, 2.05) is 0 Å². The summed E-state index contributed by atoms with van der Waals surface area (Å²) < 4.78 is 0.